The van der Waals surface area contributed by atoms with Gasteiger partial charge < -0.3 is 5.32 Å². The molecule has 0 spiro atoms. The Morgan fingerprint density at radius 1 is 1.47 bits per heavy atom. The molecule has 0 atom stereocenters. The van der Waals surface area contributed by atoms with Crippen LogP contribution in [0.1, 0.15) is 0 Å². The maximum Gasteiger partial charge on any atom is 0.326 e. The molecule has 0 fully saturated rings. The molecule has 7 nitrogen and oxygen atoms in total. The summed E-state index contributed by atoms with van der Waals surface area (Å²) in [5, 5.41) is 2.51. The molecule has 0 radical (unpaired) electrons. The van der Waals surface area contributed by atoms with Crippen molar-refractivity contribution >= 4 is 16.1 Å². The third-order valence-corrected chi connectivity index (χ3v) is 2.23. The van der Waals surface area contributed by atoms with Crippen molar-refractivity contribution in [3.63, 3.8) is 0 Å². The van der Waals surface area contributed by atoms with Crippen LogP contribution in [-0.4, -0.2) is 43.3 Å². The minimum Gasteiger partial charge on any atom is -0.336 e. The average molecular weight is 232 g/mol. The predicted octanol–water partition coefficient (Wildman–Crippen LogP) is -1.01. The van der Waals surface area contributed by atoms with E-state index in [1.165, 1.54) is 23.3 Å². The smallest absolute Gasteiger partial charge is 0.326 e. The Morgan fingerprint density at radius 3 is 2.73 bits per heavy atom. The van der Waals surface area contributed by atoms with Crippen LogP contribution in [0.5, 0.6) is 0 Å². The highest BCUT2D eigenvalue weighted by Crippen LogP contribution is 1.83. The maximum absolute atomic E-state index is 11.3. The maximum atomic E-state index is 11.3. The monoisotopic (exact) mass is 232 g/mol. The summed E-state index contributed by atoms with van der Waals surface area (Å²) in [6.07, 6.45) is 5.40. The molecule has 1 rings (SSSR count). The number of hydrogen-bond donors (Lipinski definition) is 2. The zero-order valence-corrected chi connectivity index (χ0v) is 8.99. The molecule has 0 aliphatic heterocycles. The SMILES string of the molecule is CS(=O)(=O)NCCNC(=O)n1ccnc1. The van der Waals surface area contributed by atoms with Gasteiger partial charge in [-0.25, -0.2) is 22.9 Å². The molecule has 0 saturated carbocycles. The molecule has 1 aromatic heterocycles. The summed E-state index contributed by atoms with van der Waals surface area (Å²) in [5.74, 6) is 0. The van der Waals surface area contributed by atoms with Gasteiger partial charge in [-0.1, -0.05) is 0 Å². The van der Waals surface area contributed by atoms with Gasteiger partial charge in [0.2, 0.25) is 10.0 Å². The summed E-state index contributed by atoms with van der Waals surface area (Å²) in [6.45, 7) is 0.392. The quantitative estimate of drug-likeness (QED) is 0.650. The number of nitrogens with zero attached hydrogens (tertiary/aromatic N) is 2. The fraction of sp³-hybridized carbons (Fsp3) is 0.429. The molecule has 1 heterocycles. The van der Waals surface area contributed by atoms with Crippen LogP contribution >= 0.6 is 0 Å². The first-order chi connectivity index (χ1) is 6.99. The minimum atomic E-state index is -3.20. The van der Waals surface area contributed by atoms with Crippen molar-refractivity contribution in [3.8, 4) is 0 Å². The highest BCUT2D eigenvalue weighted by Gasteiger charge is 2.03. The second-order valence-electron chi connectivity index (χ2n) is 2.87. The standard InChI is InChI=1S/C7H12N4O3S/c1-15(13,14)10-3-2-9-7(12)11-5-4-8-6-11/h4-6,10H,2-3H2,1H3,(H,9,12). The Morgan fingerprint density at radius 2 is 2.20 bits per heavy atom. The van der Waals surface area contributed by atoms with E-state index in [9.17, 15) is 13.2 Å². The Bertz CT molecular complexity index is 411. The van der Waals surface area contributed by atoms with Gasteiger partial charge in [0.1, 0.15) is 6.33 Å². The summed E-state index contributed by atoms with van der Waals surface area (Å²) in [7, 11) is -3.20. The number of nitrogens with one attached hydrogen (secondary N) is 2. The lowest BCUT2D eigenvalue weighted by Crippen LogP contribution is -2.35. The number of aromatic nitrogens is 2. The van der Waals surface area contributed by atoms with Crippen molar-refractivity contribution in [2.75, 3.05) is 19.3 Å². The summed E-state index contributed by atoms with van der Waals surface area (Å²) in [5.41, 5.74) is 0. The second-order valence-corrected chi connectivity index (χ2v) is 4.70. The molecule has 0 aliphatic carbocycles. The van der Waals surface area contributed by atoms with Crippen LogP contribution in [0.15, 0.2) is 18.7 Å². The Balaban J connectivity index is 2.24. The first-order valence-corrected chi connectivity index (χ1v) is 6.09. The molecule has 0 unspecified atom stereocenters. The molecule has 2 N–H and O–H groups in total. The zero-order valence-electron chi connectivity index (χ0n) is 8.17. The molecule has 84 valence electrons. The van der Waals surface area contributed by atoms with E-state index in [0.717, 1.165) is 6.26 Å². The average Bonchev–Trinajstić information content (AvgIpc) is 2.63. The normalized spacial score (nSPS) is 11.3. The van der Waals surface area contributed by atoms with Crippen molar-refractivity contribution in [2.45, 2.75) is 0 Å². The van der Waals surface area contributed by atoms with Gasteiger partial charge >= 0.3 is 6.03 Å². The Kier molecular flexibility index (Phi) is 3.81. The predicted molar refractivity (Wildman–Crippen MR) is 53.9 cm³/mol. The van der Waals surface area contributed by atoms with E-state index in [0.29, 0.717) is 0 Å². The summed E-state index contributed by atoms with van der Waals surface area (Å²) >= 11 is 0. The van der Waals surface area contributed by atoms with Crippen LogP contribution < -0.4 is 10.0 Å². The van der Waals surface area contributed by atoms with Crippen molar-refractivity contribution in [1.29, 1.82) is 0 Å². The molecule has 0 saturated heterocycles. The molecular formula is C7H12N4O3S. The van der Waals surface area contributed by atoms with Crippen molar-refractivity contribution in [1.82, 2.24) is 19.6 Å². The van der Waals surface area contributed by atoms with Crippen LogP contribution in [0.3, 0.4) is 0 Å². The van der Waals surface area contributed by atoms with E-state index in [4.69, 9.17) is 0 Å². The van der Waals surface area contributed by atoms with E-state index in [1.54, 1.807) is 0 Å². The number of hydrogen-bond acceptors (Lipinski definition) is 4. The van der Waals surface area contributed by atoms with Gasteiger partial charge in [0.25, 0.3) is 0 Å². The number of carbonyl (C=O) groups excluding carboxylic acids is 1. The van der Waals surface area contributed by atoms with Gasteiger partial charge in [-0.3, -0.25) is 4.57 Å². The first kappa shape index (κ1) is 11.7. The Hall–Kier alpha value is -1.41. The summed E-state index contributed by atoms with van der Waals surface area (Å²) in [6, 6.07) is -0.345. The van der Waals surface area contributed by atoms with Gasteiger partial charge in [-0.05, 0) is 0 Å². The van der Waals surface area contributed by atoms with Gasteiger partial charge in [0.15, 0.2) is 0 Å². The van der Waals surface area contributed by atoms with Gasteiger partial charge in [-0.15, -0.1) is 0 Å². The highest BCUT2D eigenvalue weighted by atomic mass is 32.2. The van der Waals surface area contributed by atoms with E-state index in [1.807, 2.05) is 0 Å². The van der Waals surface area contributed by atoms with Crippen LogP contribution in [0, 0.1) is 0 Å². The summed E-state index contributed by atoms with van der Waals surface area (Å²) in [4.78, 5) is 15.0. The lowest BCUT2D eigenvalue weighted by atomic mass is 10.6. The number of carbonyl (C=O) groups is 1. The number of rotatable bonds is 4. The molecule has 0 aromatic carbocycles. The minimum absolute atomic E-state index is 0.166. The van der Waals surface area contributed by atoms with Crippen LogP contribution in [-0.2, 0) is 10.0 Å². The van der Waals surface area contributed by atoms with Crippen molar-refractivity contribution in [2.24, 2.45) is 0 Å². The summed E-state index contributed by atoms with van der Waals surface area (Å²) < 4.78 is 24.9. The molecule has 1 aromatic rings. The Labute approximate surface area is 87.6 Å². The molecule has 8 heteroatoms. The van der Waals surface area contributed by atoms with Crippen LogP contribution in [0.4, 0.5) is 4.79 Å². The topological polar surface area (TPSA) is 93.1 Å². The van der Waals surface area contributed by atoms with Crippen LogP contribution in [0.2, 0.25) is 0 Å². The third kappa shape index (κ3) is 4.56. The van der Waals surface area contributed by atoms with E-state index < -0.39 is 10.0 Å². The van der Waals surface area contributed by atoms with Crippen LogP contribution in [0.25, 0.3) is 0 Å². The first-order valence-electron chi connectivity index (χ1n) is 4.20. The third-order valence-electron chi connectivity index (χ3n) is 1.50. The number of imidazole rings is 1. The van der Waals surface area contributed by atoms with Gasteiger partial charge in [-0.2, -0.15) is 0 Å². The molecule has 15 heavy (non-hydrogen) atoms. The molecule has 0 bridgehead atoms. The lowest BCUT2D eigenvalue weighted by molar-refractivity contribution is 0.242. The van der Waals surface area contributed by atoms with E-state index in [-0.39, 0.29) is 19.1 Å². The zero-order chi connectivity index (χ0) is 11.3. The molecular weight excluding hydrogens is 220 g/mol. The van der Waals surface area contributed by atoms with E-state index >= 15 is 0 Å². The second kappa shape index (κ2) is 4.89. The van der Waals surface area contributed by atoms with Crippen molar-refractivity contribution in [3.05, 3.63) is 18.7 Å². The number of sulfonamides is 1. The largest absolute Gasteiger partial charge is 0.336 e. The van der Waals surface area contributed by atoms with Crippen molar-refractivity contribution < 1.29 is 13.2 Å². The van der Waals surface area contributed by atoms with Gasteiger partial charge in [0, 0.05) is 25.5 Å². The fourth-order valence-electron chi connectivity index (χ4n) is 0.876. The lowest BCUT2D eigenvalue weighted by Gasteiger charge is -2.05. The fourth-order valence-corrected chi connectivity index (χ4v) is 1.35. The highest BCUT2D eigenvalue weighted by molar-refractivity contribution is 7.88. The molecule has 0 aliphatic rings. The molecule has 1 amide bonds. The van der Waals surface area contributed by atoms with E-state index in [2.05, 4.69) is 15.0 Å². The van der Waals surface area contributed by atoms with Gasteiger partial charge in [0.05, 0.1) is 6.26 Å². The number of amides is 1.